The second-order valence-corrected chi connectivity index (χ2v) is 6.22. The van der Waals surface area contributed by atoms with Crippen molar-refractivity contribution in [2.45, 2.75) is 43.6 Å². The Balaban J connectivity index is 0.00000225. The first kappa shape index (κ1) is 16.1. The van der Waals surface area contributed by atoms with E-state index in [1.807, 2.05) is 20.8 Å². The number of hydrogen-bond donors (Lipinski definition) is 1. The van der Waals surface area contributed by atoms with E-state index in [4.69, 9.17) is 4.74 Å². The summed E-state index contributed by atoms with van der Waals surface area (Å²) in [5.41, 5.74) is 0. The smallest absolute Gasteiger partial charge is 0.321 e. The molecular weight excluding hydrogens is 246 g/mol. The Labute approximate surface area is 108 Å². The Bertz CT molecular complexity index is 218. The van der Waals surface area contributed by atoms with Gasteiger partial charge in [-0.25, -0.2) is 0 Å². The molecule has 16 heavy (non-hydrogen) atoms. The van der Waals surface area contributed by atoms with E-state index >= 15 is 0 Å². The van der Waals surface area contributed by atoms with Crippen LogP contribution in [0.4, 0.5) is 0 Å². The average Bonchev–Trinajstić information content (AvgIpc) is 2.19. The van der Waals surface area contributed by atoms with Crippen LogP contribution in [-0.2, 0) is 9.53 Å². The number of carbonyl (C=O) groups is 1. The predicted molar refractivity (Wildman–Crippen MR) is 71.4 cm³/mol. The molecule has 1 aliphatic rings. The van der Waals surface area contributed by atoms with Crippen molar-refractivity contribution in [2.24, 2.45) is 0 Å². The van der Waals surface area contributed by atoms with Crippen LogP contribution in [-0.4, -0.2) is 35.7 Å². The molecule has 0 bridgehead atoms. The zero-order valence-corrected chi connectivity index (χ0v) is 11.9. The number of esters is 1. The Morgan fingerprint density at radius 1 is 1.44 bits per heavy atom. The summed E-state index contributed by atoms with van der Waals surface area (Å²) in [5, 5.41) is 3.91. The first-order valence-electron chi connectivity index (χ1n) is 5.62. The predicted octanol–water partition coefficient (Wildman–Crippen LogP) is 2.24. The summed E-state index contributed by atoms with van der Waals surface area (Å²) in [6, 6.07) is 0. The lowest BCUT2D eigenvalue weighted by atomic mass is 10.2. The van der Waals surface area contributed by atoms with E-state index in [-0.39, 0.29) is 18.4 Å². The van der Waals surface area contributed by atoms with Crippen molar-refractivity contribution in [3.8, 4) is 0 Å². The third kappa shape index (κ3) is 4.93. The fourth-order valence-corrected chi connectivity index (χ4v) is 3.14. The van der Waals surface area contributed by atoms with Crippen LogP contribution in [0.1, 0.15) is 33.6 Å². The van der Waals surface area contributed by atoms with Crippen LogP contribution in [0.25, 0.3) is 0 Å². The van der Waals surface area contributed by atoms with Gasteiger partial charge in [-0.3, -0.25) is 4.79 Å². The molecule has 0 saturated carbocycles. The molecule has 5 heteroatoms. The second kappa shape index (κ2) is 7.41. The summed E-state index contributed by atoms with van der Waals surface area (Å²) in [4.78, 5) is 11.7. The normalized spacial score (nSPS) is 17.7. The van der Waals surface area contributed by atoms with Crippen molar-refractivity contribution in [2.75, 3.05) is 19.7 Å². The molecule has 0 atom stereocenters. The monoisotopic (exact) mass is 267 g/mol. The van der Waals surface area contributed by atoms with Crippen LogP contribution in [0.5, 0.6) is 0 Å². The van der Waals surface area contributed by atoms with Gasteiger partial charge >= 0.3 is 5.97 Å². The van der Waals surface area contributed by atoms with Gasteiger partial charge in [0.2, 0.25) is 0 Å². The summed E-state index contributed by atoms with van der Waals surface area (Å²) in [6.07, 6.45) is 2.29. The Kier molecular flexibility index (Phi) is 7.44. The molecule has 1 heterocycles. The molecule has 1 aliphatic heterocycles. The fraction of sp³-hybridized carbons (Fsp3) is 0.909. The van der Waals surface area contributed by atoms with E-state index in [0.29, 0.717) is 11.9 Å². The molecule has 3 nitrogen and oxygen atoms in total. The molecule has 0 spiro atoms. The van der Waals surface area contributed by atoms with Gasteiger partial charge in [0.05, 0.1) is 6.61 Å². The van der Waals surface area contributed by atoms with Crippen LogP contribution in [0.3, 0.4) is 0 Å². The van der Waals surface area contributed by atoms with Gasteiger partial charge in [-0.05, 0) is 46.7 Å². The van der Waals surface area contributed by atoms with Crippen molar-refractivity contribution in [1.29, 1.82) is 0 Å². The summed E-state index contributed by atoms with van der Waals surface area (Å²) in [6.45, 7) is 8.36. The van der Waals surface area contributed by atoms with Gasteiger partial charge in [-0.1, -0.05) is 0 Å². The van der Waals surface area contributed by atoms with Crippen molar-refractivity contribution in [1.82, 2.24) is 5.32 Å². The van der Waals surface area contributed by atoms with E-state index in [1.165, 1.54) is 0 Å². The summed E-state index contributed by atoms with van der Waals surface area (Å²) in [5.74, 6) is -0.0893. The highest BCUT2D eigenvalue weighted by Gasteiger charge is 2.33. The van der Waals surface area contributed by atoms with E-state index < -0.39 is 4.75 Å². The maximum absolute atomic E-state index is 11.7. The van der Waals surface area contributed by atoms with Gasteiger partial charge in [0.15, 0.2) is 0 Å². The van der Waals surface area contributed by atoms with E-state index in [0.717, 1.165) is 25.9 Å². The zero-order valence-electron chi connectivity index (χ0n) is 10.2. The van der Waals surface area contributed by atoms with Crippen LogP contribution in [0.15, 0.2) is 0 Å². The lowest BCUT2D eigenvalue weighted by molar-refractivity contribution is -0.145. The molecule has 0 aliphatic carbocycles. The number of rotatable bonds is 4. The molecule has 0 aromatic heterocycles. The largest absolute Gasteiger partial charge is 0.465 e. The Morgan fingerprint density at radius 3 is 2.50 bits per heavy atom. The van der Waals surface area contributed by atoms with E-state index in [2.05, 4.69) is 5.32 Å². The van der Waals surface area contributed by atoms with E-state index in [1.54, 1.807) is 11.8 Å². The lowest BCUT2D eigenvalue weighted by Gasteiger charge is -2.29. The molecule has 0 radical (unpaired) electrons. The quantitative estimate of drug-likeness (QED) is 0.793. The van der Waals surface area contributed by atoms with Crippen LogP contribution in [0.2, 0.25) is 0 Å². The summed E-state index contributed by atoms with van der Waals surface area (Å²) < 4.78 is 4.67. The van der Waals surface area contributed by atoms with Crippen LogP contribution >= 0.6 is 24.2 Å². The molecule has 1 N–H and O–H groups in total. The Hall–Kier alpha value is 0.0700. The van der Waals surface area contributed by atoms with Crippen molar-refractivity contribution < 1.29 is 9.53 Å². The molecule has 1 saturated heterocycles. The molecule has 1 rings (SSSR count). The summed E-state index contributed by atoms with van der Waals surface area (Å²) >= 11 is 1.76. The first-order chi connectivity index (χ1) is 7.06. The minimum absolute atomic E-state index is 0. The molecule has 96 valence electrons. The number of hydrogen-bond acceptors (Lipinski definition) is 4. The van der Waals surface area contributed by atoms with Gasteiger partial charge in [-0.15, -0.1) is 24.2 Å². The highest BCUT2D eigenvalue weighted by molar-refractivity contribution is 8.01. The van der Waals surface area contributed by atoms with Gasteiger partial charge in [0.1, 0.15) is 4.75 Å². The third-order valence-electron chi connectivity index (χ3n) is 2.51. The topological polar surface area (TPSA) is 38.3 Å². The molecule has 0 aromatic rings. The number of thioether (sulfide) groups is 1. The number of halogens is 1. The van der Waals surface area contributed by atoms with Crippen LogP contribution in [0, 0.1) is 0 Å². The molecular formula is C11H22ClNO2S. The first-order valence-corrected chi connectivity index (χ1v) is 6.50. The number of nitrogens with one attached hydrogen (secondary N) is 1. The molecule has 0 amide bonds. The molecule has 0 unspecified atom stereocenters. The maximum Gasteiger partial charge on any atom is 0.321 e. The standard InChI is InChI=1S/C11H21NO2S.ClH/c1-4-14-10(13)11(2,3)15-9-5-7-12-8-6-9;/h9,12H,4-8H2,1-3H3;1H. The number of ether oxygens (including phenoxy) is 1. The fourth-order valence-electron chi connectivity index (χ4n) is 1.68. The van der Waals surface area contributed by atoms with Gasteiger partial charge in [0.25, 0.3) is 0 Å². The molecule has 0 aromatic carbocycles. The Morgan fingerprint density at radius 2 is 2.00 bits per heavy atom. The van der Waals surface area contributed by atoms with Crippen molar-refractivity contribution >= 4 is 30.1 Å². The van der Waals surface area contributed by atoms with Gasteiger partial charge < -0.3 is 10.1 Å². The number of piperidine rings is 1. The lowest BCUT2D eigenvalue weighted by Crippen LogP contribution is -2.36. The number of carbonyl (C=O) groups excluding carboxylic acids is 1. The minimum Gasteiger partial charge on any atom is -0.465 e. The average molecular weight is 268 g/mol. The van der Waals surface area contributed by atoms with Gasteiger partial charge in [-0.2, -0.15) is 0 Å². The third-order valence-corrected chi connectivity index (χ3v) is 4.08. The second-order valence-electron chi connectivity index (χ2n) is 4.30. The zero-order chi connectivity index (χ0) is 11.3. The van der Waals surface area contributed by atoms with Crippen LogP contribution < -0.4 is 5.32 Å². The highest BCUT2D eigenvalue weighted by Crippen LogP contribution is 2.33. The highest BCUT2D eigenvalue weighted by atomic mass is 35.5. The van der Waals surface area contributed by atoms with Gasteiger partial charge in [0, 0.05) is 5.25 Å². The van der Waals surface area contributed by atoms with E-state index in [9.17, 15) is 4.79 Å². The minimum atomic E-state index is -0.405. The SMILES string of the molecule is CCOC(=O)C(C)(C)SC1CCNCC1.Cl. The van der Waals surface area contributed by atoms with Crippen molar-refractivity contribution in [3.05, 3.63) is 0 Å². The maximum atomic E-state index is 11.7. The molecule has 1 fully saturated rings. The summed E-state index contributed by atoms with van der Waals surface area (Å²) in [7, 11) is 0. The van der Waals surface area contributed by atoms with Crippen molar-refractivity contribution in [3.63, 3.8) is 0 Å².